The van der Waals surface area contributed by atoms with Gasteiger partial charge in [0.25, 0.3) is 0 Å². The van der Waals surface area contributed by atoms with Gasteiger partial charge in [0, 0.05) is 18.3 Å². The summed E-state index contributed by atoms with van der Waals surface area (Å²) >= 11 is 0. The molecule has 1 unspecified atom stereocenters. The molecule has 0 radical (unpaired) electrons. The summed E-state index contributed by atoms with van der Waals surface area (Å²) in [5.74, 6) is -0.998. The van der Waals surface area contributed by atoms with E-state index in [0.29, 0.717) is 0 Å². The van der Waals surface area contributed by atoms with Crippen molar-refractivity contribution >= 4 is 0 Å². The Labute approximate surface area is 124 Å². The minimum Gasteiger partial charge on any atom is -0.308 e. The lowest BCUT2D eigenvalue weighted by Crippen LogP contribution is -2.27. The minimum atomic E-state index is -0.499. The van der Waals surface area contributed by atoms with Crippen LogP contribution in [-0.2, 0) is 13.0 Å². The van der Waals surface area contributed by atoms with Crippen LogP contribution in [-0.4, -0.2) is 16.3 Å². The standard InChI is InChI=1S/C16H21F2N3/c1-3-9-19-15(16-8-10-20-21(16)4-2)11-12-13(17)6-5-7-14(12)18/h5-8,10,15,19H,3-4,9,11H2,1-2H3. The third-order valence-electron chi connectivity index (χ3n) is 3.52. The molecule has 1 aromatic carbocycles. The van der Waals surface area contributed by atoms with E-state index in [0.717, 1.165) is 25.2 Å². The maximum atomic E-state index is 13.9. The average Bonchev–Trinajstić information content (AvgIpc) is 2.94. The molecule has 21 heavy (non-hydrogen) atoms. The van der Waals surface area contributed by atoms with Crippen molar-refractivity contribution in [1.82, 2.24) is 15.1 Å². The van der Waals surface area contributed by atoms with Crippen molar-refractivity contribution in [2.24, 2.45) is 0 Å². The molecule has 0 aliphatic carbocycles. The van der Waals surface area contributed by atoms with Crippen molar-refractivity contribution in [3.8, 4) is 0 Å². The van der Waals surface area contributed by atoms with Crippen molar-refractivity contribution in [2.45, 2.75) is 39.3 Å². The second-order valence-corrected chi connectivity index (χ2v) is 4.98. The van der Waals surface area contributed by atoms with E-state index in [1.807, 2.05) is 17.7 Å². The lowest BCUT2D eigenvalue weighted by atomic mass is 10.0. The summed E-state index contributed by atoms with van der Waals surface area (Å²) in [7, 11) is 0. The van der Waals surface area contributed by atoms with Crippen LogP contribution in [0.1, 0.15) is 37.6 Å². The zero-order chi connectivity index (χ0) is 15.2. The number of benzene rings is 1. The van der Waals surface area contributed by atoms with Gasteiger partial charge in [-0.15, -0.1) is 0 Å². The molecule has 114 valence electrons. The fourth-order valence-corrected chi connectivity index (χ4v) is 2.43. The maximum Gasteiger partial charge on any atom is 0.129 e. The van der Waals surface area contributed by atoms with Crippen LogP contribution in [0, 0.1) is 11.6 Å². The van der Waals surface area contributed by atoms with E-state index >= 15 is 0 Å². The summed E-state index contributed by atoms with van der Waals surface area (Å²) in [6.45, 7) is 5.57. The van der Waals surface area contributed by atoms with Gasteiger partial charge >= 0.3 is 0 Å². The first-order valence-corrected chi connectivity index (χ1v) is 7.35. The van der Waals surface area contributed by atoms with E-state index in [-0.39, 0.29) is 18.0 Å². The second-order valence-electron chi connectivity index (χ2n) is 4.98. The molecule has 0 amide bonds. The van der Waals surface area contributed by atoms with Crippen LogP contribution < -0.4 is 5.32 Å². The van der Waals surface area contributed by atoms with Gasteiger partial charge in [0.1, 0.15) is 11.6 Å². The highest BCUT2D eigenvalue weighted by Gasteiger charge is 2.19. The number of rotatable bonds is 7. The normalized spacial score (nSPS) is 12.6. The first-order valence-electron chi connectivity index (χ1n) is 7.35. The first kappa shape index (κ1) is 15.6. The van der Waals surface area contributed by atoms with Gasteiger partial charge in [-0.05, 0) is 44.5 Å². The summed E-state index contributed by atoms with van der Waals surface area (Å²) in [6, 6.07) is 5.73. The van der Waals surface area contributed by atoms with Crippen molar-refractivity contribution in [1.29, 1.82) is 0 Å². The molecule has 0 bridgehead atoms. The number of aromatic nitrogens is 2. The molecule has 0 saturated carbocycles. The Bertz CT molecular complexity index is 560. The molecule has 0 fully saturated rings. The molecule has 1 heterocycles. The molecule has 1 aromatic heterocycles. The van der Waals surface area contributed by atoms with Crippen LogP contribution in [0.25, 0.3) is 0 Å². The molecular formula is C16H21F2N3. The SMILES string of the molecule is CCCNC(Cc1c(F)cccc1F)c1ccnn1CC. The zero-order valence-corrected chi connectivity index (χ0v) is 12.4. The number of hydrogen-bond donors (Lipinski definition) is 1. The molecule has 0 aliphatic heterocycles. The third kappa shape index (κ3) is 3.67. The quantitative estimate of drug-likeness (QED) is 0.847. The number of nitrogens with one attached hydrogen (secondary N) is 1. The Morgan fingerprint density at radius 1 is 1.19 bits per heavy atom. The minimum absolute atomic E-state index is 0.120. The van der Waals surface area contributed by atoms with Gasteiger partial charge in [0.05, 0.1) is 11.7 Å². The summed E-state index contributed by atoms with van der Waals surface area (Å²) < 4.78 is 29.6. The van der Waals surface area contributed by atoms with E-state index in [1.54, 1.807) is 6.20 Å². The second kappa shape index (κ2) is 7.31. The topological polar surface area (TPSA) is 29.9 Å². The smallest absolute Gasteiger partial charge is 0.129 e. The van der Waals surface area contributed by atoms with Gasteiger partial charge in [0.2, 0.25) is 0 Å². The van der Waals surface area contributed by atoms with Crippen LogP contribution in [0.2, 0.25) is 0 Å². The fourth-order valence-electron chi connectivity index (χ4n) is 2.43. The molecule has 1 N–H and O–H groups in total. The van der Waals surface area contributed by atoms with E-state index in [4.69, 9.17) is 0 Å². The molecule has 0 saturated heterocycles. The Morgan fingerprint density at radius 2 is 1.90 bits per heavy atom. The number of nitrogens with zero attached hydrogens (tertiary/aromatic N) is 2. The summed E-state index contributed by atoms with van der Waals surface area (Å²) in [4.78, 5) is 0. The van der Waals surface area contributed by atoms with E-state index in [9.17, 15) is 8.78 Å². The van der Waals surface area contributed by atoms with Gasteiger partial charge in [-0.2, -0.15) is 5.10 Å². The van der Waals surface area contributed by atoms with Gasteiger partial charge in [-0.25, -0.2) is 8.78 Å². The molecule has 0 aliphatic rings. The first-order chi connectivity index (χ1) is 10.2. The molecule has 0 spiro atoms. The Morgan fingerprint density at radius 3 is 2.52 bits per heavy atom. The number of hydrogen-bond acceptors (Lipinski definition) is 2. The maximum absolute atomic E-state index is 13.9. The van der Waals surface area contributed by atoms with E-state index < -0.39 is 11.6 Å². The van der Waals surface area contributed by atoms with Gasteiger partial charge < -0.3 is 5.32 Å². The fraction of sp³-hybridized carbons (Fsp3) is 0.438. The van der Waals surface area contributed by atoms with Crippen LogP contribution in [0.5, 0.6) is 0 Å². The monoisotopic (exact) mass is 293 g/mol. The molecular weight excluding hydrogens is 272 g/mol. The number of halogens is 2. The number of aryl methyl sites for hydroxylation is 1. The Kier molecular flexibility index (Phi) is 5.44. The van der Waals surface area contributed by atoms with Crippen LogP contribution in [0.3, 0.4) is 0 Å². The highest BCUT2D eigenvalue weighted by atomic mass is 19.1. The third-order valence-corrected chi connectivity index (χ3v) is 3.52. The molecule has 2 rings (SSSR count). The largest absolute Gasteiger partial charge is 0.308 e. The highest BCUT2D eigenvalue weighted by Crippen LogP contribution is 2.22. The van der Waals surface area contributed by atoms with Crippen molar-refractivity contribution < 1.29 is 8.78 Å². The Balaban J connectivity index is 2.28. The van der Waals surface area contributed by atoms with Crippen molar-refractivity contribution in [3.63, 3.8) is 0 Å². The summed E-state index contributed by atoms with van der Waals surface area (Å²) in [5.41, 5.74) is 1.07. The van der Waals surface area contributed by atoms with Crippen molar-refractivity contribution in [3.05, 3.63) is 53.4 Å². The van der Waals surface area contributed by atoms with Gasteiger partial charge in [-0.3, -0.25) is 4.68 Å². The van der Waals surface area contributed by atoms with Gasteiger partial charge in [0.15, 0.2) is 0 Å². The predicted octanol–water partition coefficient (Wildman–Crippen LogP) is 3.46. The van der Waals surface area contributed by atoms with Gasteiger partial charge in [-0.1, -0.05) is 13.0 Å². The van der Waals surface area contributed by atoms with Crippen molar-refractivity contribution in [2.75, 3.05) is 6.54 Å². The van der Waals surface area contributed by atoms with Crippen LogP contribution in [0.4, 0.5) is 8.78 Å². The summed E-state index contributed by atoms with van der Waals surface area (Å²) in [6.07, 6.45) is 2.94. The zero-order valence-electron chi connectivity index (χ0n) is 12.4. The van der Waals surface area contributed by atoms with Crippen LogP contribution in [0.15, 0.2) is 30.5 Å². The lowest BCUT2D eigenvalue weighted by molar-refractivity contribution is 0.458. The molecule has 5 heteroatoms. The molecule has 3 nitrogen and oxygen atoms in total. The van der Waals surface area contributed by atoms with Crippen LogP contribution >= 0.6 is 0 Å². The lowest BCUT2D eigenvalue weighted by Gasteiger charge is -2.20. The molecule has 1 atom stereocenters. The van der Waals surface area contributed by atoms with E-state index in [1.165, 1.54) is 18.2 Å². The average molecular weight is 293 g/mol. The molecule has 2 aromatic rings. The highest BCUT2D eigenvalue weighted by molar-refractivity contribution is 5.23. The predicted molar refractivity (Wildman–Crippen MR) is 79.0 cm³/mol. The van der Waals surface area contributed by atoms with E-state index in [2.05, 4.69) is 17.3 Å². The summed E-state index contributed by atoms with van der Waals surface area (Å²) in [5, 5.41) is 7.59. The Hall–Kier alpha value is -1.75.